The fourth-order valence-corrected chi connectivity index (χ4v) is 5.59. The van der Waals surface area contributed by atoms with Crippen LogP contribution in [0.3, 0.4) is 0 Å². The molecule has 0 amide bonds. The highest BCUT2D eigenvalue weighted by atomic mass is 16.8. The lowest BCUT2D eigenvalue weighted by Crippen LogP contribution is -2.81. The maximum absolute atomic E-state index is 11.6. The Hall–Kier alpha value is -0.480. The van der Waals surface area contributed by atoms with Gasteiger partial charge in [-0.3, -0.25) is 4.90 Å². The first kappa shape index (κ1) is 25.6. The zero-order valence-corrected chi connectivity index (χ0v) is 19.6. The SMILES string of the molecule is CN[C@@H]1[C@H](O)[C@H](NC)C2O[C@]3(O)[C@H](OC2[C@H]1O)O[C@H](C)CC3(O)CNCCN1CCOCC1. The summed E-state index contributed by atoms with van der Waals surface area (Å²) in [6.45, 7) is 6.43. The van der Waals surface area contributed by atoms with Crippen molar-refractivity contribution in [2.24, 2.45) is 0 Å². The van der Waals surface area contributed by atoms with Gasteiger partial charge in [0.15, 0.2) is 0 Å². The fourth-order valence-electron chi connectivity index (χ4n) is 5.59. The Kier molecular flexibility index (Phi) is 7.95. The molecule has 4 rings (SSSR count). The lowest BCUT2D eigenvalue weighted by molar-refractivity contribution is -0.482. The van der Waals surface area contributed by atoms with Gasteiger partial charge in [0.05, 0.1) is 37.5 Å². The van der Waals surface area contributed by atoms with Crippen LogP contribution in [0.15, 0.2) is 0 Å². The summed E-state index contributed by atoms with van der Waals surface area (Å²) in [6.07, 6.45) is -5.49. The molecular formula is C21H40N4O8. The number of ether oxygens (including phenoxy) is 4. The van der Waals surface area contributed by atoms with Gasteiger partial charge >= 0.3 is 0 Å². The van der Waals surface area contributed by atoms with Crippen LogP contribution >= 0.6 is 0 Å². The first-order valence-corrected chi connectivity index (χ1v) is 11.9. The molecule has 1 aliphatic carbocycles. The molecule has 7 N–H and O–H groups in total. The number of hydrogen-bond donors (Lipinski definition) is 7. The summed E-state index contributed by atoms with van der Waals surface area (Å²) in [5, 5.41) is 54.0. The quantitative estimate of drug-likeness (QED) is 0.180. The van der Waals surface area contributed by atoms with Crippen LogP contribution in [-0.4, -0.2) is 146 Å². The number of nitrogens with zero attached hydrogens (tertiary/aromatic N) is 1. The molecule has 0 aromatic rings. The van der Waals surface area contributed by atoms with Gasteiger partial charge in [-0.2, -0.15) is 0 Å². The average molecular weight is 477 g/mol. The van der Waals surface area contributed by atoms with Gasteiger partial charge in [-0.05, 0) is 21.0 Å². The summed E-state index contributed by atoms with van der Waals surface area (Å²) in [6, 6.07) is -1.32. The van der Waals surface area contributed by atoms with E-state index in [1.807, 2.05) is 0 Å². The Balaban J connectivity index is 1.48. The van der Waals surface area contributed by atoms with E-state index < -0.39 is 60.3 Å². The lowest BCUT2D eigenvalue weighted by atomic mass is 9.77. The molecule has 1 saturated carbocycles. The third kappa shape index (κ3) is 4.69. The van der Waals surface area contributed by atoms with E-state index in [0.29, 0.717) is 19.8 Å². The Morgan fingerprint density at radius 2 is 1.67 bits per heavy atom. The highest BCUT2D eigenvalue weighted by Gasteiger charge is 2.68. The van der Waals surface area contributed by atoms with E-state index in [4.69, 9.17) is 18.9 Å². The van der Waals surface area contributed by atoms with E-state index >= 15 is 0 Å². The molecular weight excluding hydrogens is 436 g/mol. The van der Waals surface area contributed by atoms with Crippen LogP contribution in [0.4, 0.5) is 0 Å². The smallest absolute Gasteiger partial charge is 0.249 e. The number of hydrogen-bond acceptors (Lipinski definition) is 12. The monoisotopic (exact) mass is 476 g/mol. The summed E-state index contributed by atoms with van der Waals surface area (Å²) >= 11 is 0. The summed E-state index contributed by atoms with van der Waals surface area (Å²) in [5.41, 5.74) is -1.71. The van der Waals surface area contributed by atoms with Crippen LogP contribution in [0.25, 0.3) is 0 Å². The molecule has 3 heterocycles. The minimum Gasteiger partial charge on any atom is -0.390 e. The van der Waals surface area contributed by atoms with Crippen molar-refractivity contribution in [3.63, 3.8) is 0 Å². The minimum absolute atomic E-state index is 0.0628. The molecule has 0 bridgehead atoms. The second-order valence-electron chi connectivity index (χ2n) is 9.63. The molecule has 192 valence electrons. The Labute approximate surface area is 194 Å². The number of aliphatic hydroxyl groups is 4. The van der Waals surface area contributed by atoms with Gasteiger partial charge in [0.1, 0.15) is 23.9 Å². The maximum Gasteiger partial charge on any atom is 0.249 e. The zero-order valence-electron chi connectivity index (χ0n) is 19.6. The van der Waals surface area contributed by atoms with Gasteiger partial charge in [0.25, 0.3) is 0 Å². The van der Waals surface area contributed by atoms with E-state index in [-0.39, 0.29) is 13.0 Å². The van der Waals surface area contributed by atoms with E-state index in [9.17, 15) is 20.4 Å². The Morgan fingerprint density at radius 3 is 2.33 bits per heavy atom. The maximum atomic E-state index is 11.6. The van der Waals surface area contributed by atoms with Crippen molar-refractivity contribution < 1.29 is 39.4 Å². The summed E-state index contributed by atoms with van der Waals surface area (Å²) in [7, 11) is 3.30. The highest BCUT2D eigenvalue weighted by molar-refractivity contribution is 5.12. The third-order valence-corrected chi connectivity index (χ3v) is 7.47. The lowest BCUT2D eigenvalue weighted by Gasteiger charge is -2.60. The molecule has 4 fully saturated rings. The van der Waals surface area contributed by atoms with Crippen molar-refractivity contribution in [1.29, 1.82) is 0 Å². The van der Waals surface area contributed by atoms with Gasteiger partial charge in [-0.25, -0.2) is 0 Å². The van der Waals surface area contributed by atoms with Crippen LogP contribution in [0.5, 0.6) is 0 Å². The molecule has 3 unspecified atom stereocenters. The molecule has 3 aliphatic heterocycles. The van der Waals surface area contributed by atoms with E-state index in [0.717, 1.165) is 19.6 Å². The van der Waals surface area contributed by atoms with E-state index in [1.165, 1.54) is 0 Å². The molecule has 4 aliphatic rings. The Bertz CT molecular complexity index is 658. The number of morpholine rings is 1. The predicted octanol–water partition coefficient (Wildman–Crippen LogP) is -3.84. The van der Waals surface area contributed by atoms with Crippen LogP contribution in [-0.2, 0) is 18.9 Å². The number of likely N-dealkylation sites (N-methyl/N-ethyl adjacent to an activating group) is 2. The summed E-state index contributed by atoms with van der Waals surface area (Å²) < 4.78 is 23.3. The highest BCUT2D eigenvalue weighted by Crippen LogP contribution is 2.46. The van der Waals surface area contributed by atoms with Gasteiger partial charge in [0, 0.05) is 39.1 Å². The summed E-state index contributed by atoms with van der Waals surface area (Å²) in [4.78, 5) is 2.27. The second-order valence-corrected chi connectivity index (χ2v) is 9.63. The normalized spacial score (nSPS) is 48.8. The van der Waals surface area contributed by atoms with Crippen molar-refractivity contribution in [3.8, 4) is 0 Å². The Morgan fingerprint density at radius 1 is 0.970 bits per heavy atom. The van der Waals surface area contributed by atoms with Crippen LogP contribution in [0, 0.1) is 0 Å². The number of aliphatic hydroxyl groups excluding tert-OH is 2. The molecule has 0 radical (unpaired) electrons. The van der Waals surface area contributed by atoms with Crippen LogP contribution in [0.1, 0.15) is 13.3 Å². The molecule has 0 aromatic heterocycles. The number of nitrogens with one attached hydrogen (secondary N) is 3. The number of fused-ring (bicyclic) bond motifs is 2. The topological polar surface area (TPSA) is 157 Å². The van der Waals surface area contributed by atoms with Crippen molar-refractivity contribution in [2.75, 3.05) is 60.0 Å². The predicted molar refractivity (Wildman–Crippen MR) is 116 cm³/mol. The molecule has 33 heavy (non-hydrogen) atoms. The first-order valence-electron chi connectivity index (χ1n) is 11.9. The first-order chi connectivity index (χ1) is 15.7. The van der Waals surface area contributed by atoms with Crippen LogP contribution < -0.4 is 16.0 Å². The van der Waals surface area contributed by atoms with Crippen molar-refractivity contribution >= 4 is 0 Å². The largest absolute Gasteiger partial charge is 0.390 e. The standard InChI is InChI=1S/C21H40N4O8/c1-12-10-20(28,11-24-4-5-25-6-8-30-9-7-25)21(29)19(31-12)32-18-16(27)13(22-2)15(26)14(23-3)17(18)33-21/h12-19,22-24,26-29H,4-11H2,1-3H3/t12-,13-,14+,15+,16+,17?,18?,19+,20?,21-/m1/s1. The molecule has 10 atom stereocenters. The molecule has 12 heteroatoms. The van der Waals surface area contributed by atoms with Crippen molar-refractivity contribution in [3.05, 3.63) is 0 Å². The second kappa shape index (κ2) is 10.2. The fraction of sp³-hybridized carbons (Fsp3) is 1.00. The van der Waals surface area contributed by atoms with Gasteiger partial charge in [-0.15, -0.1) is 0 Å². The van der Waals surface area contributed by atoms with E-state index in [2.05, 4.69) is 20.9 Å². The molecule has 0 spiro atoms. The molecule has 0 aromatic carbocycles. The minimum atomic E-state index is -2.19. The third-order valence-electron chi connectivity index (χ3n) is 7.47. The average Bonchev–Trinajstić information content (AvgIpc) is 2.78. The zero-order chi connectivity index (χ0) is 23.8. The molecule has 3 saturated heterocycles. The van der Waals surface area contributed by atoms with E-state index in [1.54, 1.807) is 21.0 Å². The van der Waals surface area contributed by atoms with Crippen molar-refractivity contribution in [1.82, 2.24) is 20.9 Å². The number of rotatable bonds is 7. The molecule has 12 nitrogen and oxygen atoms in total. The van der Waals surface area contributed by atoms with Crippen molar-refractivity contribution in [2.45, 2.75) is 73.6 Å². The van der Waals surface area contributed by atoms with Crippen LogP contribution in [0.2, 0.25) is 0 Å². The van der Waals surface area contributed by atoms with Gasteiger partial charge < -0.3 is 55.3 Å². The van der Waals surface area contributed by atoms with Gasteiger partial charge in [-0.1, -0.05) is 0 Å². The summed E-state index contributed by atoms with van der Waals surface area (Å²) in [5.74, 6) is -2.19. The van der Waals surface area contributed by atoms with Gasteiger partial charge in [0.2, 0.25) is 12.1 Å².